The summed E-state index contributed by atoms with van der Waals surface area (Å²) in [6, 6.07) is 2.49. The van der Waals surface area contributed by atoms with Crippen molar-refractivity contribution >= 4 is 5.78 Å². The predicted molar refractivity (Wildman–Crippen MR) is 75.0 cm³/mol. The summed E-state index contributed by atoms with van der Waals surface area (Å²) >= 11 is 0. The number of rotatable bonds is 3. The van der Waals surface area contributed by atoms with Gasteiger partial charge in [-0.25, -0.2) is 0 Å². The van der Waals surface area contributed by atoms with Gasteiger partial charge in [0.15, 0.2) is 5.78 Å². The molecule has 2 atom stereocenters. The van der Waals surface area contributed by atoms with E-state index in [-0.39, 0.29) is 5.41 Å². The van der Waals surface area contributed by atoms with Crippen LogP contribution in [0.5, 0.6) is 0 Å². The van der Waals surface area contributed by atoms with Gasteiger partial charge >= 0.3 is 0 Å². The van der Waals surface area contributed by atoms with Crippen LogP contribution in [0, 0.1) is 11.3 Å². The van der Waals surface area contributed by atoms with Gasteiger partial charge in [0.2, 0.25) is 0 Å². The Morgan fingerprint density at radius 3 is 2.61 bits per heavy atom. The van der Waals surface area contributed by atoms with Crippen LogP contribution in [0.15, 0.2) is 12.3 Å². The summed E-state index contributed by atoms with van der Waals surface area (Å²) in [7, 11) is 0. The Labute approximate surface area is 110 Å². The Morgan fingerprint density at radius 1 is 1.33 bits per heavy atom. The zero-order chi connectivity index (χ0) is 13.5. The monoisotopic (exact) mass is 247 g/mol. The van der Waals surface area contributed by atoms with Gasteiger partial charge in [0.05, 0.1) is 0 Å². The maximum Gasteiger partial charge on any atom is 0.165 e. The Balaban J connectivity index is 2.39. The van der Waals surface area contributed by atoms with Crippen LogP contribution in [0.25, 0.3) is 0 Å². The molecule has 0 saturated heterocycles. The van der Waals surface area contributed by atoms with Crippen molar-refractivity contribution in [3.8, 4) is 0 Å². The number of ketones is 1. The molecule has 1 aliphatic rings. The van der Waals surface area contributed by atoms with Crippen LogP contribution in [-0.2, 0) is 6.42 Å². The van der Waals surface area contributed by atoms with E-state index in [1.165, 1.54) is 12.1 Å². The van der Waals surface area contributed by atoms with E-state index in [4.69, 9.17) is 0 Å². The van der Waals surface area contributed by atoms with E-state index in [9.17, 15) is 4.79 Å². The molecule has 2 unspecified atom stereocenters. The van der Waals surface area contributed by atoms with E-state index in [0.717, 1.165) is 12.0 Å². The van der Waals surface area contributed by atoms with E-state index >= 15 is 0 Å². The molecule has 0 spiro atoms. The molecule has 0 amide bonds. The lowest BCUT2D eigenvalue weighted by Crippen LogP contribution is -2.29. The molecule has 1 aromatic rings. The van der Waals surface area contributed by atoms with E-state index in [1.807, 2.05) is 6.07 Å². The van der Waals surface area contributed by atoms with Crippen LogP contribution in [-0.4, -0.2) is 10.4 Å². The third kappa shape index (κ3) is 2.25. The first-order valence-electron chi connectivity index (χ1n) is 7.08. The number of carbonyl (C=O) groups excluding carboxylic acids is 1. The van der Waals surface area contributed by atoms with Crippen molar-refractivity contribution in [2.75, 3.05) is 0 Å². The largest absolute Gasteiger partial charge is 0.348 e. The second-order valence-electron chi connectivity index (χ2n) is 6.65. The molecule has 0 aromatic carbocycles. The second-order valence-corrected chi connectivity index (χ2v) is 6.65. The average Bonchev–Trinajstić information content (AvgIpc) is 2.69. The number of hydrogen-bond donors (Lipinski definition) is 0. The highest BCUT2D eigenvalue weighted by Crippen LogP contribution is 2.37. The normalized spacial score (nSPS) is 21.5. The summed E-state index contributed by atoms with van der Waals surface area (Å²) in [5, 5.41) is 0. The minimum atomic E-state index is 0.107. The maximum atomic E-state index is 12.2. The molecule has 2 heteroatoms. The van der Waals surface area contributed by atoms with Gasteiger partial charge in [0.25, 0.3) is 0 Å². The fourth-order valence-electron chi connectivity index (χ4n) is 2.96. The molecule has 0 N–H and O–H groups in total. The van der Waals surface area contributed by atoms with Crippen molar-refractivity contribution in [1.82, 2.24) is 4.57 Å². The van der Waals surface area contributed by atoms with Gasteiger partial charge in [0, 0.05) is 29.9 Å². The van der Waals surface area contributed by atoms with E-state index in [0.29, 0.717) is 24.2 Å². The van der Waals surface area contributed by atoms with Crippen molar-refractivity contribution in [1.29, 1.82) is 0 Å². The first-order chi connectivity index (χ1) is 8.35. The van der Waals surface area contributed by atoms with Crippen molar-refractivity contribution in [2.45, 2.75) is 59.9 Å². The van der Waals surface area contributed by atoms with E-state index in [1.54, 1.807) is 0 Å². The molecule has 0 radical (unpaired) electrons. The quantitative estimate of drug-likeness (QED) is 0.782. The summed E-state index contributed by atoms with van der Waals surface area (Å²) in [6.07, 6.45) is 4.98. The average molecular weight is 247 g/mol. The summed E-state index contributed by atoms with van der Waals surface area (Å²) < 4.78 is 2.34. The van der Waals surface area contributed by atoms with Gasteiger partial charge in [-0.05, 0) is 30.7 Å². The highest BCUT2D eigenvalue weighted by atomic mass is 16.1. The Kier molecular flexibility index (Phi) is 3.39. The lowest BCUT2D eigenvalue weighted by molar-refractivity contribution is 0.0909. The van der Waals surface area contributed by atoms with Crippen LogP contribution in [0.4, 0.5) is 0 Å². The summed E-state index contributed by atoms with van der Waals surface area (Å²) in [5.74, 6) is 0.956. The highest BCUT2D eigenvalue weighted by molar-refractivity contribution is 5.98. The van der Waals surface area contributed by atoms with Crippen LogP contribution in [0.2, 0.25) is 0 Å². The second kappa shape index (κ2) is 4.56. The number of carbonyl (C=O) groups is 1. The van der Waals surface area contributed by atoms with Gasteiger partial charge in [-0.2, -0.15) is 0 Å². The van der Waals surface area contributed by atoms with Gasteiger partial charge < -0.3 is 4.57 Å². The van der Waals surface area contributed by atoms with Gasteiger partial charge in [-0.1, -0.05) is 34.1 Å². The minimum absolute atomic E-state index is 0.107. The molecule has 100 valence electrons. The first kappa shape index (κ1) is 13.4. The van der Waals surface area contributed by atoms with Crippen molar-refractivity contribution in [2.24, 2.45) is 11.3 Å². The van der Waals surface area contributed by atoms with Crippen molar-refractivity contribution in [3.63, 3.8) is 0 Å². The molecule has 1 aliphatic carbocycles. The Morgan fingerprint density at radius 2 is 2.00 bits per heavy atom. The number of hydrogen-bond acceptors (Lipinski definition) is 1. The van der Waals surface area contributed by atoms with Gasteiger partial charge in [-0.3, -0.25) is 4.79 Å². The van der Waals surface area contributed by atoms with Crippen molar-refractivity contribution < 1.29 is 4.79 Å². The number of fused-ring (bicyclic) bond motifs is 1. The van der Waals surface area contributed by atoms with Crippen LogP contribution in [0.1, 0.15) is 69.6 Å². The first-order valence-corrected chi connectivity index (χ1v) is 7.08. The van der Waals surface area contributed by atoms with Gasteiger partial charge in [0.1, 0.15) is 0 Å². The molecule has 0 saturated carbocycles. The molecule has 2 rings (SSSR count). The molecule has 2 nitrogen and oxygen atoms in total. The molecule has 0 bridgehead atoms. The molecule has 0 aliphatic heterocycles. The van der Waals surface area contributed by atoms with Gasteiger partial charge in [-0.15, -0.1) is 0 Å². The molecule has 1 heterocycles. The predicted octanol–water partition coefficient (Wildman–Crippen LogP) is 4.25. The lowest BCUT2D eigenvalue weighted by atomic mass is 9.76. The molecule has 1 aromatic heterocycles. The fraction of sp³-hybridized carbons (Fsp3) is 0.688. The van der Waals surface area contributed by atoms with Crippen LogP contribution in [0.3, 0.4) is 0 Å². The standard InChI is InChI=1S/C16H25NO/c1-6-11(2)12(3)17-8-7-13-14(17)9-16(4,5)10-15(13)18/h7-8,11-12H,6,9-10H2,1-5H3. The lowest BCUT2D eigenvalue weighted by Gasteiger charge is -2.32. The smallest absolute Gasteiger partial charge is 0.165 e. The van der Waals surface area contributed by atoms with Crippen LogP contribution >= 0.6 is 0 Å². The zero-order valence-electron chi connectivity index (χ0n) is 12.3. The molecular weight excluding hydrogens is 222 g/mol. The van der Waals surface area contributed by atoms with E-state index in [2.05, 4.69) is 45.4 Å². The maximum absolute atomic E-state index is 12.2. The fourth-order valence-corrected chi connectivity index (χ4v) is 2.96. The minimum Gasteiger partial charge on any atom is -0.348 e. The molecular formula is C16H25NO. The Hall–Kier alpha value is -1.05. The van der Waals surface area contributed by atoms with E-state index < -0.39 is 0 Å². The third-order valence-electron chi connectivity index (χ3n) is 4.52. The number of aromatic nitrogens is 1. The summed E-state index contributed by atoms with van der Waals surface area (Å²) in [6.45, 7) is 11.2. The topological polar surface area (TPSA) is 22.0 Å². The highest BCUT2D eigenvalue weighted by Gasteiger charge is 2.33. The third-order valence-corrected chi connectivity index (χ3v) is 4.52. The number of Topliss-reactive ketones (excluding diaryl/α,β-unsaturated/α-hetero) is 1. The summed E-state index contributed by atoms with van der Waals surface area (Å²) in [5.41, 5.74) is 2.32. The van der Waals surface area contributed by atoms with Crippen molar-refractivity contribution in [3.05, 3.63) is 23.5 Å². The van der Waals surface area contributed by atoms with Crippen LogP contribution < -0.4 is 0 Å². The molecule has 0 fully saturated rings. The number of nitrogens with zero attached hydrogens (tertiary/aromatic N) is 1. The SMILES string of the molecule is CCC(C)C(C)n1ccc2c1CC(C)(C)CC2=O. The zero-order valence-corrected chi connectivity index (χ0v) is 12.3. The molecule has 18 heavy (non-hydrogen) atoms. The summed E-state index contributed by atoms with van der Waals surface area (Å²) in [4.78, 5) is 12.2. The Bertz CT molecular complexity index is 456.